The van der Waals surface area contributed by atoms with Gasteiger partial charge in [0.25, 0.3) is 0 Å². The third-order valence-corrected chi connectivity index (χ3v) is 2.55. The van der Waals surface area contributed by atoms with Crippen LogP contribution in [0.15, 0.2) is 18.2 Å². The van der Waals surface area contributed by atoms with Crippen molar-refractivity contribution in [3.05, 3.63) is 28.8 Å². The van der Waals surface area contributed by atoms with E-state index in [2.05, 4.69) is 14.8 Å². The zero-order valence-electron chi connectivity index (χ0n) is 8.75. The van der Waals surface area contributed by atoms with Crippen molar-refractivity contribution >= 4 is 17.7 Å². The molecule has 4 nitrogen and oxygen atoms in total. The molecule has 1 amide bonds. The second kappa shape index (κ2) is 4.56. The smallest absolute Gasteiger partial charge is 0.447 e. The molecule has 0 spiro atoms. The Balaban J connectivity index is 2.17. The summed E-state index contributed by atoms with van der Waals surface area (Å²) >= 11 is 5.67. The summed E-state index contributed by atoms with van der Waals surface area (Å²) in [5.41, 5.74) is 0.542. The molecule has 1 aromatic carbocycles. The van der Waals surface area contributed by atoms with Gasteiger partial charge in [-0.3, -0.25) is 0 Å². The number of nitrogens with one attached hydrogen (secondary N) is 1. The van der Waals surface area contributed by atoms with E-state index >= 15 is 0 Å². The van der Waals surface area contributed by atoms with Crippen LogP contribution in [0.2, 0.25) is 5.02 Å². The van der Waals surface area contributed by atoms with Crippen LogP contribution in [0.1, 0.15) is 11.6 Å². The van der Waals surface area contributed by atoms with Crippen LogP contribution in [0.5, 0.6) is 5.75 Å². The predicted molar refractivity (Wildman–Crippen MR) is 55.4 cm³/mol. The van der Waals surface area contributed by atoms with Crippen LogP contribution in [0, 0.1) is 0 Å². The highest BCUT2D eigenvalue weighted by Crippen LogP contribution is 2.32. The number of hydrogen-bond donors (Lipinski definition) is 1. The molecule has 98 valence electrons. The first-order valence-corrected chi connectivity index (χ1v) is 5.21. The molecule has 0 aliphatic carbocycles. The van der Waals surface area contributed by atoms with E-state index in [-0.39, 0.29) is 11.6 Å². The average Bonchev–Trinajstić information content (AvgIpc) is 2.66. The third kappa shape index (κ3) is 2.98. The Morgan fingerprint density at radius 2 is 2.17 bits per heavy atom. The van der Waals surface area contributed by atoms with E-state index in [1.807, 2.05) is 0 Å². The number of amides is 1. The number of benzene rings is 1. The van der Waals surface area contributed by atoms with Gasteiger partial charge in [-0.1, -0.05) is 17.7 Å². The van der Waals surface area contributed by atoms with Crippen LogP contribution in [0.4, 0.5) is 18.0 Å². The highest BCUT2D eigenvalue weighted by atomic mass is 35.5. The molecule has 0 bridgehead atoms. The first kappa shape index (κ1) is 12.8. The van der Waals surface area contributed by atoms with Gasteiger partial charge in [-0.25, -0.2) is 4.79 Å². The molecule has 18 heavy (non-hydrogen) atoms. The SMILES string of the molecule is O=C1NC(c2ccc(OC(F)(F)F)c(Cl)c2)CO1. The van der Waals surface area contributed by atoms with Crippen molar-refractivity contribution in [3.63, 3.8) is 0 Å². The minimum Gasteiger partial charge on any atom is -0.447 e. The van der Waals surface area contributed by atoms with Crippen LogP contribution >= 0.6 is 11.6 Å². The molecule has 8 heteroatoms. The Morgan fingerprint density at radius 1 is 1.44 bits per heavy atom. The lowest BCUT2D eigenvalue weighted by Crippen LogP contribution is -2.19. The largest absolute Gasteiger partial charge is 0.573 e. The van der Waals surface area contributed by atoms with Gasteiger partial charge in [0, 0.05) is 0 Å². The van der Waals surface area contributed by atoms with Gasteiger partial charge in [0.05, 0.1) is 11.1 Å². The molecule has 1 N–H and O–H groups in total. The molecule has 0 saturated carbocycles. The van der Waals surface area contributed by atoms with Crippen molar-refractivity contribution in [2.24, 2.45) is 0 Å². The minimum absolute atomic E-state index is 0.106. The fourth-order valence-electron chi connectivity index (χ4n) is 1.51. The Hall–Kier alpha value is -1.63. The predicted octanol–water partition coefficient (Wildman–Crippen LogP) is 3.02. The monoisotopic (exact) mass is 281 g/mol. The molecule has 0 aromatic heterocycles. The first-order chi connectivity index (χ1) is 8.35. The summed E-state index contributed by atoms with van der Waals surface area (Å²) in [6.07, 6.45) is -5.37. The number of carbonyl (C=O) groups is 1. The van der Waals surface area contributed by atoms with Gasteiger partial charge in [-0.2, -0.15) is 0 Å². The summed E-state index contributed by atoms with van der Waals surface area (Å²) < 4.78 is 44.4. The quantitative estimate of drug-likeness (QED) is 0.906. The second-order valence-corrected chi connectivity index (χ2v) is 3.94. The zero-order valence-corrected chi connectivity index (χ0v) is 9.51. The average molecular weight is 282 g/mol. The summed E-state index contributed by atoms with van der Waals surface area (Å²) in [7, 11) is 0. The van der Waals surface area contributed by atoms with E-state index in [0.717, 1.165) is 6.07 Å². The maximum absolute atomic E-state index is 12.0. The van der Waals surface area contributed by atoms with Gasteiger partial charge in [-0.15, -0.1) is 13.2 Å². The maximum atomic E-state index is 12.0. The van der Waals surface area contributed by atoms with E-state index in [0.29, 0.717) is 5.56 Å². The number of ether oxygens (including phenoxy) is 2. The zero-order chi connectivity index (χ0) is 13.3. The maximum Gasteiger partial charge on any atom is 0.573 e. The number of rotatable bonds is 2. The number of carbonyl (C=O) groups excluding carboxylic acids is 1. The van der Waals surface area contributed by atoms with Crippen molar-refractivity contribution in [1.82, 2.24) is 5.32 Å². The highest BCUT2D eigenvalue weighted by molar-refractivity contribution is 6.32. The van der Waals surface area contributed by atoms with E-state index in [9.17, 15) is 18.0 Å². The van der Waals surface area contributed by atoms with Gasteiger partial charge >= 0.3 is 12.5 Å². The standard InChI is InChI=1S/C10H7ClF3NO3/c11-6-3-5(7-4-17-9(16)15-7)1-2-8(6)18-10(12,13)14/h1-3,7H,4H2,(H,15,16). The van der Waals surface area contributed by atoms with Crippen LogP contribution < -0.4 is 10.1 Å². The molecule has 1 fully saturated rings. The van der Waals surface area contributed by atoms with Gasteiger partial charge in [0.15, 0.2) is 0 Å². The van der Waals surface area contributed by atoms with Gasteiger partial charge < -0.3 is 14.8 Å². The molecule has 1 unspecified atom stereocenters. The molecular weight excluding hydrogens is 275 g/mol. The second-order valence-electron chi connectivity index (χ2n) is 3.53. The van der Waals surface area contributed by atoms with Crippen molar-refractivity contribution in [2.45, 2.75) is 12.4 Å². The number of hydrogen-bond acceptors (Lipinski definition) is 3. The number of halogens is 4. The fraction of sp³-hybridized carbons (Fsp3) is 0.300. The molecule has 2 rings (SSSR count). The van der Waals surface area contributed by atoms with E-state index in [4.69, 9.17) is 11.6 Å². The van der Waals surface area contributed by atoms with Crippen molar-refractivity contribution in [1.29, 1.82) is 0 Å². The van der Waals surface area contributed by atoms with Crippen molar-refractivity contribution in [2.75, 3.05) is 6.61 Å². The molecule has 1 aromatic rings. The number of alkyl carbamates (subject to hydrolysis) is 1. The van der Waals surface area contributed by atoms with E-state index in [1.54, 1.807) is 0 Å². The molecule has 0 radical (unpaired) electrons. The van der Waals surface area contributed by atoms with Crippen molar-refractivity contribution < 1.29 is 27.4 Å². The van der Waals surface area contributed by atoms with Crippen LogP contribution in [0.3, 0.4) is 0 Å². The first-order valence-electron chi connectivity index (χ1n) is 4.83. The molecule has 1 aliphatic rings. The highest BCUT2D eigenvalue weighted by Gasteiger charge is 2.32. The lowest BCUT2D eigenvalue weighted by molar-refractivity contribution is -0.274. The van der Waals surface area contributed by atoms with Gasteiger partial charge in [0.2, 0.25) is 0 Å². The Bertz CT molecular complexity index is 478. The Labute approximate surface area is 105 Å². The molecule has 1 aliphatic heterocycles. The number of cyclic esters (lactones) is 1. The Morgan fingerprint density at radius 3 is 2.67 bits per heavy atom. The summed E-state index contributed by atoms with van der Waals surface area (Å²) in [6.45, 7) is 0.106. The number of alkyl halides is 3. The lowest BCUT2D eigenvalue weighted by Gasteiger charge is -2.13. The fourth-order valence-corrected chi connectivity index (χ4v) is 1.73. The molecule has 1 atom stereocenters. The lowest BCUT2D eigenvalue weighted by atomic mass is 10.1. The normalized spacial score (nSPS) is 19.3. The molecular formula is C10H7ClF3NO3. The summed E-state index contributed by atoms with van der Waals surface area (Å²) in [5, 5.41) is 2.29. The summed E-state index contributed by atoms with van der Waals surface area (Å²) in [4.78, 5) is 10.8. The van der Waals surface area contributed by atoms with E-state index in [1.165, 1.54) is 12.1 Å². The minimum atomic E-state index is -4.80. The van der Waals surface area contributed by atoms with E-state index < -0.39 is 24.2 Å². The van der Waals surface area contributed by atoms with Crippen molar-refractivity contribution in [3.8, 4) is 5.75 Å². The summed E-state index contributed by atoms with van der Waals surface area (Å²) in [6, 6.07) is 3.35. The van der Waals surface area contributed by atoms with Gasteiger partial charge in [-0.05, 0) is 17.7 Å². The Kier molecular flexibility index (Phi) is 3.25. The topological polar surface area (TPSA) is 47.6 Å². The molecule has 1 saturated heterocycles. The van der Waals surface area contributed by atoms with Crippen LogP contribution in [0.25, 0.3) is 0 Å². The third-order valence-electron chi connectivity index (χ3n) is 2.26. The van der Waals surface area contributed by atoms with Crippen LogP contribution in [-0.2, 0) is 4.74 Å². The summed E-state index contributed by atoms with van der Waals surface area (Å²) in [5.74, 6) is -0.488. The van der Waals surface area contributed by atoms with Gasteiger partial charge in [0.1, 0.15) is 12.4 Å². The van der Waals surface area contributed by atoms with Crippen LogP contribution in [-0.4, -0.2) is 19.1 Å². The molecule has 1 heterocycles.